The minimum atomic E-state index is -4.95. The van der Waals surface area contributed by atoms with Gasteiger partial charge < -0.3 is 33.8 Å². The molecule has 0 aromatic rings. The molecule has 0 saturated heterocycles. The minimum absolute atomic E-state index is 0.106. The first-order chi connectivity index (χ1) is 44.4. The van der Waals surface area contributed by atoms with Crippen molar-refractivity contribution >= 4 is 39.5 Å². The zero-order chi connectivity index (χ0) is 67.9. The summed E-state index contributed by atoms with van der Waals surface area (Å²) in [7, 11) is -9.90. The molecule has 0 aliphatic heterocycles. The molecule has 5 atom stereocenters. The van der Waals surface area contributed by atoms with Gasteiger partial charge in [0.1, 0.15) is 19.3 Å². The van der Waals surface area contributed by atoms with Gasteiger partial charge in [-0.2, -0.15) is 0 Å². The Morgan fingerprint density at radius 1 is 0.293 bits per heavy atom. The van der Waals surface area contributed by atoms with E-state index in [0.717, 1.165) is 108 Å². The van der Waals surface area contributed by atoms with Crippen molar-refractivity contribution in [3.05, 3.63) is 0 Å². The Balaban J connectivity index is 5.21. The number of carbonyl (C=O) groups is 4. The quantitative estimate of drug-likeness (QED) is 0.0222. The summed E-state index contributed by atoms with van der Waals surface area (Å²) in [5, 5.41) is 10.6. The Morgan fingerprint density at radius 2 is 0.500 bits per heavy atom. The summed E-state index contributed by atoms with van der Waals surface area (Å²) in [4.78, 5) is 72.6. The molecule has 3 N–H and O–H groups in total. The van der Waals surface area contributed by atoms with Gasteiger partial charge >= 0.3 is 39.5 Å². The number of ether oxygens (including phenoxy) is 4. The summed E-state index contributed by atoms with van der Waals surface area (Å²) in [5.41, 5.74) is 0. The predicted molar refractivity (Wildman–Crippen MR) is 372 cm³/mol. The van der Waals surface area contributed by atoms with Crippen LogP contribution in [-0.2, 0) is 65.4 Å². The maximum Gasteiger partial charge on any atom is 0.472 e. The lowest BCUT2D eigenvalue weighted by molar-refractivity contribution is -0.161. The number of hydrogen-bond acceptors (Lipinski definition) is 15. The van der Waals surface area contributed by atoms with Gasteiger partial charge in [0.05, 0.1) is 26.4 Å². The zero-order valence-electron chi connectivity index (χ0n) is 59.9. The van der Waals surface area contributed by atoms with Crippen LogP contribution in [0.2, 0.25) is 0 Å². The fourth-order valence-corrected chi connectivity index (χ4v) is 12.7. The Hall–Kier alpha value is -1.94. The first kappa shape index (κ1) is 90.1. The highest BCUT2D eigenvalue weighted by atomic mass is 31.2. The number of phosphoric ester groups is 2. The monoisotopic (exact) mass is 1350 g/mol. The predicted octanol–water partition coefficient (Wildman–Crippen LogP) is 21.2. The maximum atomic E-state index is 13.1. The van der Waals surface area contributed by atoms with E-state index in [0.29, 0.717) is 25.7 Å². The van der Waals surface area contributed by atoms with E-state index in [4.69, 9.17) is 37.0 Å². The molecule has 92 heavy (non-hydrogen) atoms. The van der Waals surface area contributed by atoms with E-state index in [1.54, 1.807) is 0 Å². The molecule has 546 valence electrons. The number of hydrogen-bond donors (Lipinski definition) is 3. The lowest BCUT2D eigenvalue weighted by Gasteiger charge is -2.21. The molecule has 0 aliphatic carbocycles. The summed E-state index contributed by atoms with van der Waals surface area (Å²) in [5.74, 6) is -0.611. The second-order valence-electron chi connectivity index (χ2n) is 27.3. The summed E-state index contributed by atoms with van der Waals surface area (Å²) < 4.78 is 68.3. The molecule has 0 aromatic heterocycles. The SMILES string of the molecule is CCCCCCCCCCCCCCCCCCCCC(=O)O[C@H](COC(=O)CCCCCCCCCCCCC(C)C)COP(=O)(O)OC[C@@H](O)COP(=O)(O)OC[C@@H](COC(=O)CCCCCCCCCC)OC(=O)CCCCCCCCCCCCC(C)C. The smallest absolute Gasteiger partial charge is 0.462 e. The molecule has 0 aromatic carbocycles. The van der Waals surface area contributed by atoms with Crippen molar-refractivity contribution in [1.29, 1.82) is 0 Å². The Morgan fingerprint density at radius 3 is 0.739 bits per heavy atom. The Bertz CT molecular complexity index is 1790. The van der Waals surface area contributed by atoms with Crippen molar-refractivity contribution in [2.24, 2.45) is 11.8 Å². The molecule has 0 spiro atoms. The van der Waals surface area contributed by atoms with E-state index in [9.17, 15) is 43.2 Å². The van der Waals surface area contributed by atoms with E-state index in [-0.39, 0.29) is 25.7 Å². The van der Waals surface area contributed by atoms with Crippen LogP contribution < -0.4 is 0 Å². The van der Waals surface area contributed by atoms with Crippen LogP contribution in [0.25, 0.3) is 0 Å². The number of aliphatic hydroxyl groups is 1. The van der Waals surface area contributed by atoms with Gasteiger partial charge in [-0.3, -0.25) is 37.3 Å². The van der Waals surface area contributed by atoms with Crippen LogP contribution in [0.5, 0.6) is 0 Å². The van der Waals surface area contributed by atoms with Crippen LogP contribution in [0, 0.1) is 11.8 Å². The van der Waals surface area contributed by atoms with Crippen LogP contribution in [0.4, 0.5) is 0 Å². The van der Waals surface area contributed by atoms with Crippen LogP contribution in [-0.4, -0.2) is 96.7 Å². The van der Waals surface area contributed by atoms with Crippen molar-refractivity contribution in [2.45, 2.75) is 394 Å². The average molecular weight is 1350 g/mol. The second-order valence-corrected chi connectivity index (χ2v) is 30.2. The molecule has 0 amide bonds. The lowest BCUT2D eigenvalue weighted by atomic mass is 10.0. The molecule has 0 aliphatic rings. The van der Waals surface area contributed by atoms with E-state index in [2.05, 4.69) is 41.5 Å². The van der Waals surface area contributed by atoms with Crippen molar-refractivity contribution < 1.29 is 80.2 Å². The van der Waals surface area contributed by atoms with Gasteiger partial charge in [0.15, 0.2) is 12.2 Å². The van der Waals surface area contributed by atoms with E-state index in [1.807, 2.05) is 0 Å². The summed E-state index contributed by atoms with van der Waals surface area (Å²) in [6.07, 6.45) is 51.4. The molecule has 17 nitrogen and oxygen atoms in total. The third-order valence-corrected chi connectivity index (χ3v) is 18.9. The molecule has 0 saturated carbocycles. The Labute approximate surface area is 562 Å². The van der Waals surface area contributed by atoms with Gasteiger partial charge in [-0.05, 0) is 37.5 Å². The van der Waals surface area contributed by atoms with Gasteiger partial charge in [0, 0.05) is 25.7 Å². The number of carbonyl (C=O) groups excluding carboxylic acids is 4. The number of phosphoric acid groups is 2. The minimum Gasteiger partial charge on any atom is -0.462 e. The lowest BCUT2D eigenvalue weighted by Crippen LogP contribution is -2.30. The summed E-state index contributed by atoms with van der Waals surface area (Å²) in [6.45, 7) is 9.53. The van der Waals surface area contributed by atoms with Gasteiger partial charge in [-0.25, -0.2) is 9.13 Å². The van der Waals surface area contributed by atoms with Crippen LogP contribution in [0.1, 0.15) is 375 Å². The molecular formula is C73H142O17P2. The van der Waals surface area contributed by atoms with Crippen molar-refractivity contribution in [1.82, 2.24) is 0 Å². The van der Waals surface area contributed by atoms with Crippen molar-refractivity contribution in [3.8, 4) is 0 Å². The van der Waals surface area contributed by atoms with E-state index in [1.165, 1.54) is 186 Å². The van der Waals surface area contributed by atoms with Gasteiger partial charge in [0.25, 0.3) is 0 Å². The largest absolute Gasteiger partial charge is 0.472 e. The highest BCUT2D eigenvalue weighted by Gasteiger charge is 2.30. The fourth-order valence-electron chi connectivity index (χ4n) is 11.1. The van der Waals surface area contributed by atoms with E-state index >= 15 is 0 Å². The molecule has 19 heteroatoms. The molecular weight excluding hydrogens is 1210 g/mol. The molecule has 0 radical (unpaired) electrons. The third-order valence-electron chi connectivity index (χ3n) is 17.0. The summed E-state index contributed by atoms with van der Waals surface area (Å²) in [6, 6.07) is 0. The topological polar surface area (TPSA) is 237 Å². The van der Waals surface area contributed by atoms with Gasteiger partial charge in [-0.1, -0.05) is 324 Å². The highest BCUT2D eigenvalue weighted by Crippen LogP contribution is 2.45. The number of aliphatic hydroxyl groups excluding tert-OH is 1. The van der Waals surface area contributed by atoms with Crippen LogP contribution >= 0.6 is 15.6 Å². The highest BCUT2D eigenvalue weighted by molar-refractivity contribution is 7.47. The van der Waals surface area contributed by atoms with Crippen LogP contribution in [0.15, 0.2) is 0 Å². The van der Waals surface area contributed by atoms with Crippen molar-refractivity contribution in [2.75, 3.05) is 39.6 Å². The standard InChI is InChI=1S/C73H142O17P2/c1-7-9-11-13-15-17-18-19-20-21-22-23-24-25-33-39-45-51-57-72(77)90-69(62-84-71(76)56-50-44-38-32-28-26-30-35-41-47-53-65(3)4)64-88-92(81,82)86-60-67(74)59-85-91(79,80)87-63-68(61-83-70(75)55-49-43-37-16-14-12-10-8-2)89-73(78)58-52-46-40-34-29-27-31-36-42-48-54-66(5)6/h65-69,74H,7-64H2,1-6H3,(H,79,80)(H,81,82)/t67-,68+,69+/m0/s1. The maximum absolute atomic E-state index is 13.1. The molecule has 0 bridgehead atoms. The molecule has 0 heterocycles. The van der Waals surface area contributed by atoms with Gasteiger partial charge in [-0.15, -0.1) is 0 Å². The average Bonchev–Trinajstić information content (AvgIpc) is 1.62. The Kier molecular flexibility index (Phi) is 63.7. The third kappa shape index (κ3) is 66.7. The van der Waals surface area contributed by atoms with E-state index < -0.39 is 97.5 Å². The fraction of sp³-hybridized carbons (Fsp3) is 0.945. The molecule has 0 fully saturated rings. The zero-order valence-corrected chi connectivity index (χ0v) is 61.6. The van der Waals surface area contributed by atoms with Gasteiger partial charge in [0.2, 0.25) is 0 Å². The molecule has 2 unspecified atom stereocenters. The summed E-state index contributed by atoms with van der Waals surface area (Å²) >= 11 is 0. The van der Waals surface area contributed by atoms with Crippen LogP contribution in [0.3, 0.4) is 0 Å². The first-order valence-electron chi connectivity index (χ1n) is 38.0. The number of rotatable bonds is 72. The number of esters is 4. The molecule has 0 rings (SSSR count). The first-order valence-corrected chi connectivity index (χ1v) is 41.0. The normalized spacial score (nSPS) is 14.1. The van der Waals surface area contributed by atoms with Crippen molar-refractivity contribution in [3.63, 3.8) is 0 Å². The second kappa shape index (κ2) is 65.0. The number of unbranched alkanes of at least 4 members (excludes halogenated alkanes) is 42.